The van der Waals surface area contributed by atoms with Gasteiger partial charge in [-0.2, -0.15) is 0 Å². The summed E-state index contributed by atoms with van der Waals surface area (Å²) in [6.45, 7) is 5.09. The van der Waals surface area contributed by atoms with Gasteiger partial charge in [-0.05, 0) is 35.7 Å². The van der Waals surface area contributed by atoms with Gasteiger partial charge in [-0.1, -0.05) is 48.0 Å². The number of ether oxygens (including phenoxy) is 1. The molecule has 2 aromatic rings. The van der Waals surface area contributed by atoms with Crippen LogP contribution in [0.1, 0.15) is 35.8 Å². The lowest BCUT2D eigenvalue weighted by Gasteiger charge is -2.33. The van der Waals surface area contributed by atoms with Crippen LogP contribution in [0, 0.1) is 0 Å². The fourth-order valence-electron chi connectivity index (χ4n) is 3.28. The van der Waals surface area contributed by atoms with Crippen LogP contribution in [0.3, 0.4) is 0 Å². The van der Waals surface area contributed by atoms with E-state index in [1.165, 1.54) is 11.8 Å². The molecule has 0 amide bonds. The van der Waals surface area contributed by atoms with Crippen molar-refractivity contribution in [3.8, 4) is 0 Å². The summed E-state index contributed by atoms with van der Waals surface area (Å²) in [5.74, 6) is 0. The zero-order valence-electron chi connectivity index (χ0n) is 15.6. The van der Waals surface area contributed by atoms with Gasteiger partial charge in [0.2, 0.25) is 10.0 Å². The van der Waals surface area contributed by atoms with E-state index in [0.29, 0.717) is 6.61 Å². The number of hydrogen-bond donors (Lipinski definition) is 1. The van der Waals surface area contributed by atoms with E-state index in [-0.39, 0.29) is 12.1 Å². The second-order valence-electron chi connectivity index (χ2n) is 7.00. The number of sulfonamides is 1. The summed E-state index contributed by atoms with van der Waals surface area (Å²) in [5, 5.41) is 0.728. The van der Waals surface area contributed by atoms with E-state index in [1.54, 1.807) is 0 Å². The fraction of sp³-hybridized carbons (Fsp3) is 0.400. The van der Waals surface area contributed by atoms with Gasteiger partial charge < -0.3 is 4.74 Å². The van der Waals surface area contributed by atoms with Gasteiger partial charge in [-0.3, -0.25) is 4.90 Å². The van der Waals surface area contributed by atoms with E-state index in [4.69, 9.17) is 16.3 Å². The molecule has 7 heteroatoms. The molecule has 1 aliphatic heterocycles. The molecule has 0 aromatic heterocycles. The predicted octanol–water partition coefficient (Wildman–Crippen LogP) is 3.52. The Morgan fingerprint density at radius 1 is 1.19 bits per heavy atom. The highest BCUT2D eigenvalue weighted by Gasteiger charge is 2.22. The Morgan fingerprint density at radius 3 is 2.48 bits per heavy atom. The van der Waals surface area contributed by atoms with E-state index in [2.05, 4.69) is 21.8 Å². The van der Waals surface area contributed by atoms with Crippen molar-refractivity contribution in [3.05, 3.63) is 70.2 Å². The minimum Gasteiger partial charge on any atom is -0.371 e. The largest absolute Gasteiger partial charge is 0.371 e. The molecular weight excluding hydrogens is 384 g/mol. The van der Waals surface area contributed by atoms with Crippen molar-refractivity contribution in [3.63, 3.8) is 0 Å². The van der Waals surface area contributed by atoms with Gasteiger partial charge in [0.25, 0.3) is 0 Å². The molecule has 0 saturated carbocycles. The quantitative estimate of drug-likeness (QED) is 0.794. The molecule has 0 spiro atoms. The van der Waals surface area contributed by atoms with Crippen molar-refractivity contribution in [1.29, 1.82) is 0 Å². The molecule has 5 nitrogen and oxygen atoms in total. The highest BCUT2D eigenvalue weighted by Crippen LogP contribution is 2.25. The van der Waals surface area contributed by atoms with Crippen LogP contribution in [0.2, 0.25) is 5.02 Å². The summed E-state index contributed by atoms with van der Waals surface area (Å²) in [5.41, 5.74) is 3.28. The van der Waals surface area contributed by atoms with Crippen molar-refractivity contribution in [2.45, 2.75) is 25.6 Å². The fourth-order valence-corrected chi connectivity index (χ4v) is 4.19. The van der Waals surface area contributed by atoms with Crippen LogP contribution in [-0.2, 0) is 21.3 Å². The van der Waals surface area contributed by atoms with Gasteiger partial charge in [-0.25, -0.2) is 13.1 Å². The van der Waals surface area contributed by atoms with Crippen LogP contribution in [-0.4, -0.2) is 39.3 Å². The van der Waals surface area contributed by atoms with Crippen LogP contribution >= 0.6 is 11.6 Å². The van der Waals surface area contributed by atoms with Crippen LogP contribution in [0.5, 0.6) is 0 Å². The van der Waals surface area contributed by atoms with Crippen molar-refractivity contribution in [2.24, 2.45) is 0 Å². The summed E-state index contributed by atoms with van der Waals surface area (Å²) in [4.78, 5) is 2.37. The van der Waals surface area contributed by atoms with Crippen LogP contribution in [0.25, 0.3) is 0 Å². The molecule has 0 bridgehead atoms. The van der Waals surface area contributed by atoms with Crippen molar-refractivity contribution >= 4 is 21.6 Å². The van der Waals surface area contributed by atoms with E-state index >= 15 is 0 Å². The number of halogens is 1. The summed E-state index contributed by atoms with van der Waals surface area (Å²) in [7, 11) is -3.22. The van der Waals surface area contributed by atoms with E-state index in [1.807, 2.05) is 43.3 Å². The standard InChI is InChI=1S/C20H25ClN2O3S/c1-15(22-27(2,24)25)17-5-3-16(4-6-17)13-23-11-12-26-20(14-23)18-7-9-19(21)10-8-18/h3-10,15,20,22H,11-14H2,1-2H3/t15-,20?/m1/s1. The first-order valence-corrected chi connectivity index (χ1v) is 11.2. The average molecular weight is 409 g/mol. The third kappa shape index (κ3) is 6.02. The van der Waals surface area contributed by atoms with Gasteiger partial charge >= 0.3 is 0 Å². The minimum atomic E-state index is -3.22. The van der Waals surface area contributed by atoms with Gasteiger partial charge in [-0.15, -0.1) is 0 Å². The Bertz CT molecular complexity index is 854. The maximum Gasteiger partial charge on any atom is 0.209 e. The molecule has 0 radical (unpaired) electrons. The van der Waals surface area contributed by atoms with Crippen LogP contribution < -0.4 is 4.72 Å². The number of benzene rings is 2. The number of morpholine rings is 1. The summed E-state index contributed by atoms with van der Waals surface area (Å²) >= 11 is 5.97. The lowest BCUT2D eigenvalue weighted by Crippen LogP contribution is -2.37. The van der Waals surface area contributed by atoms with E-state index < -0.39 is 10.0 Å². The molecule has 1 N–H and O–H groups in total. The Morgan fingerprint density at radius 2 is 1.85 bits per heavy atom. The highest BCUT2D eigenvalue weighted by atomic mass is 35.5. The molecule has 146 valence electrons. The average Bonchev–Trinajstić information content (AvgIpc) is 2.62. The highest BCUT2D eigenvalue weighted by molar-refractivity contribution is 7.88. The molecule has 0 aliphatic carbocycles. The molecule has 2 aromatic carbocycles. The SMILES string of the molecule is C[C@@H](NS(C)(=O)=O)c1ccc(CN2CCOC(c3ccc(Cl)cc3)C2)cc1. The van der Waals surface area contributed by atoms with Gasteiger partial charge in [0.1, 0.15) is 0 Å². The topological polar surface area (TPSA) is 58.6 Å². The second-order valence-corrected chi connectivity index (χ2v) is 9.22. The molecule has 1 heterocycles. The minimum absolute atomic E-state index is 0.0503. The Hall–Kier alpha value is -1.44. The Labute approximate surface area is 166 Å². The van der Waals surface area contributed by atoms with Crippen molar-refractivity contribution in [1.82, 2.24) is 9.62 Å². The van der Waals surface area contributed by atoms with Crippen molar-refractivity contribution < 1.29 is 13.2 Å². The van der Waals surface area contributed by atoms with E-state index in [0.717, 1.165) is 35.8 Å². The van der Waals surface area contributed by atoms with Gasteiger partial charge in [0.15, 0.2) is 0 Å². The van der Waals surface area contributed by atoms with E-state index in [9.17, 15) is 8.42 Å². The number of nitrogens with one attached hydrogen (secondary N) is 1. The zero-order chi connectivity index (χ0) is 19.4. The molecule has 3 rings (SSSR count). The summed E-state index contributed by atoms with van der Waals surface area (Å²) < 4.78 is 31.3. The van der Waals surface area contributed by atoms with Crippen molar-refractivity contribution in [2.75, 3.05) is 26.0 Å². The molecule has 2 atom stereocenters. The Kier molecular flexibility index (Phi) is 6.55. The smallest absolute Gasteiger partial charge is 0.209 e. The normalized spacial score (nSPS) is 19.7. The molecule has 1 saturated heterocycles. The molecule has 1 aliphatic rings. The first kappa shape index (κ1) is 20.3. The first-order valence-electron chi connectivity index (χ1n) is 8.96. The van der Waals surface area contributed by atoms with Gasteiger partial charge in [0.05, 0.1) is 19.0 Å². The third-order valence-corrected chi connectivity index (χ3v) is 5.70. The predicted molar refractivity (Wildman–Crippen MR) is 108 cm³/mol. The lowest BCUT2D eigenvalue weighted by atomic mass is 10.1. The number of hydrogen-bond acceptors (Lipinski definition) is 4. The summed E-state index contributed by atoms with van der Waals surface area (Å²) in [6, 6.07) is 15.7. The van der Waals surface area contributed by atoms with Gasteiger partial charge in [0, 0.05) is 30.7 Å². The number of nitrogens with zero attached hydrogens (tertiary/aromatic N) is 1. The molecule has 1 fully saturated rings. The molecule has 1 unspecified atom stereocenters. The monoisotopic (exact) mass is 408 g/mol. The number of rotatable bonds is 6. The third-order valence-electron chi connectivity index (χ3n) is 4.67. The Balaban J connectivity index is 1.60. The summed E-state index contributed by atoms with van der Waals surface area (Å²) in [6.07, 6.45) is 1.22. The molecular formula is C20H25ClN2O3S. The lowest BCUT2D eigenvalue weighted by molar-refractivity contribution is -0.0329. The maximum atomic E-state index is 11.4. The molecule has 27 heavy (non-hydrogen) atoms. The van der Waals surface area contributed by atoms with Crippen LogP contribution in [0.4, 0.5) is 0 Å². The second kappa shape index (κ2) is 8.71. The maximum absolute atomic E-state index is 11.4. The zero-order valence-corrected chi connectivity index (χ0v) is 17.1. The van der Waals surface area contributed by atoms with Crippen LogP contribution in [0.15, 0.2) is 48.5 Å². The first-order chi connectivity index (χ1) is 12.8.